The maximum atomic E-state index is 12.7. The second-order valence-electron chi connectivity index (χ2n) is 6.88. The number of benzene rings is 1. The first kappa shape index (κ1) is 17.9. The van der Waals surface area contributed by atoms with E-state index in [0.717, 1.165) is 54.0 Å². The van der Waals surface area contributed by atoms with Crippen molar-refractivity contribution in [2.75, 3.05) is 18.5 Å². The number of ether oxygens (including phenoxy) is 1. The number of pyridine rings is 1. The predicted octanol–water partition coefficient (Wildman–Crippen LogP) is 4.31. The topological polar surface area (TPSA) is 69.0 Å². The number of carbonyl (C=O) groups excluding carboxylic acids is 1. The van der Waals surface area contributed by atoms with Crippen LogP contribution in [0.15, 0.2) is 30.5 Å². The molecule has 0 spiro atoms. The van der Waals surface area contributed by atoms with Crippen molar-refractivity contribution in [3.8, 4) is 0 Å². The molecule has 0 unspecified atom stereocenters. The molecule has 1 saturated heterocycles. The van der Waals surface area contributed by atoms with Crippen molar-refractivity contribution >= 4 is 34.2 Å². The fourth-order valence-corrected chi connectivity index (χ4v) is 3.77. The number of aryl methyl sites for hydroxylation is 2. The molecule has 1 amide bonds. The molecule has 27 heavy (non-hydrogen) atoms. The van der Waals surface area contributed by atoms with E-state index in [0.29, 0.717) is 10.6 Å². The minimum Gasteiger partial charge on any atom is -0.381 e. The molecule has 3 heterocycles. The van der Waals surface area contributed by atoms with Crippen molar-refractivity contribution in [3.05, 3.63) is 52.3 Å². The molecule has 2 aromatic heterocycles. The number of halogens is 1. The highest BCUT2D eigenvalue weighted by atomic mass is 35.5. The van der Waals surface area contributed by atoms with E-state index in [1.165, 1.54) is 6.20 Å². The minimum atomic E-state index is -0.281. The summed E-state index contributed by atoms with van der Waals surface area (Å²) in [5.74, 6) is -0.281. The first-order valence-electron chi connectivity index (χ1n) is 9.03. The molecule has 0 atom stereocenters. The van der Waals surface area contributed by atoms with Crippen LogP contribution >= 0.6 is 11.6 Å². The van der Waals surface area contributed by atoms with Gasteiger partial charge in [-0.2, -0.15) is 5.10 Å². The van der Waals surface area contributed by atoms with E-state index in [-0.39, 0.29) is 11.9 Å². The molecular weight excluding hydrogens is 364 g/mol. The lowest BCUT2D eigenvalue weighted by atomic mass is 10.1. The van der Waals surface area contributed by atoms with Crippen LogP contribution in [0.4, 0.5) is 5.69 Å². The highest BCUT2D eigenvalue weighted by Crippen LogP contribution is 2.32. The van der Waals surface area contributed by atoms with Crippen LogP contribution in [0.25, 0.3) is 11.0 Å². The molecule has 3 aromatic rings. The molecule has 7 heteroatoms. The number of hydrogen-bond donors (Lipinski definition) is 1. The number of anilines is 1. The van der Waals surface area contributed by atoms with Crippen LogP contribution in [0.1, 0.15) is 40.5 Å². The maximum Gasteiger partial charge on any atom is 0.258 e. The summed E-state index contributed by atoms with van der Waals surface area (Å²) in [6.07, 6.45) is 3.32. The van der Waals surface area contributed by atoms with Gasteiger partial charge >= 0.3 is 0 Å². The zero-order valence-electron chi connectivity index (χ0n) is 15.3. The molecule has 0 radical (unpaired) electrons. The Bertz CT molecular complexity index is 991. The van der Waals surface area contributed by atoms with E-state index in [2.05, 4.69) is 15.4 Å². The lowest BCUT2D eigenvalue weighted by Gasteiger charge is -2.22. The summed E-state index contributed by atoms with van der Waals surface area (Å²) in [5.41, 5.74) is 3.69. The molecule has 1 aliphatic heterocycles. The van der Waals surface area contributed by atoms with E-state index in [1.807, 2.05) is 42.8 Å². The van der Waals surface area contributed by atoms with E-state index in [1.54, 1.807) is 0 Å². The number of amides is 1. The van der Waals surface area contributed by atoms with Crippen LogP contribution in [0, 0.1) is 13.8 Å². The van der Waals surface area contributed by atoms with Crippen LogP contribution in [0.2, 0.25) is 5.02 Å². The van der Waals surface area contributed by atoms with Crippen molar-refractivity contribution in [1.29, 1.82) is 0 Å². The molecule has 1 aliphatic rings. The zero-order valence-corrected chi connectivity index (χ0v) is 16.1. The second kappa shape index (κ2) is 7.29. The lowest BCUT2D eigenvalue weighted by molar-refractivity contribution is 0.0672. The van der Waals surface area contributed by atoms with Crippen molar-refractivity contribution < 1.29 is 9.53 Å². The van der Waals surface area contributed by atoms with E-state index in [9.17, 15) is 4.79 Å². The number of hydrogen-bond acceptors (Lipinski definition) is 4. The molecule has 1 N–H and O–H groups in total. The largest absolute Gasteiger partial charge is 0.381 e. The van der Waals surface area contributed by atoms with Gasteiger partial charge in [0.15, 0.2) is 5.65 Å². The average Bonchev–Trinajstić information content (AvgIpc) is 3.02. The SMILES string of the molecule is Cc1ccc(NC(=O)c2cnc3c(c(C)nn3C3CCOCC3)c2Cl)cc1. The highest BCUT2D eigenvalue weighted by molar-refractivity contribution is 6.39. The van der Waals surface area contributed by atoms with Crippen LogP contribution < -0.4 is 5.32 Å². The van der Waals surface area contributed by atoms with Gasteiger partial charge in [0.2, 0.25) is 0 Å². The third-order valence-corrected chi connectivity index (χ3v) is 5.32. The highest BCUT2D eigenvalue weighted by Gasteiger charge is 2.24. The van der Waals surface area contributed by atoms with Crippen molar-refractivity contribution in [2.24, 2.45) is 0 Å². The Morgan fingerprint density at radius 1 is 1.22 bits per heavy atom. The Kier molecular flexibility index (Phi) is 4.85. The third kappa shape index (κ3) is 3.42. The molecule has 0 saturated carbocycles. The summed E-state index contributed by atoms with van der Waals surface area (Å²) >= 11 is 6.61. The molecule has 6 nitrogen and oxygen atoms in total. The Hall–Kier alpha value is -2.44. The smallest absolute Gasteiger partial charge is 0.258 e. The number of rotatable bonds is 3. The first-order chi connectivity index (χ1) is 13.0. The molecule has 1 fully saturated rings. The molecule has 1 aromatic carbocycles. The van der Waals surface area contributed by atoms with Crippen LogP contribution in [0.3, 0.4) is 0 Å². The van der Waals surface area contributed by atoms with Gasteiger partial charge in [-0.1, -0.05) is 29.3 Å². The Morgan fingerprint density at radius 3 is 2.63 bits per heavy atom. The number of fused-ring (bicyclic) bond motifs is 1. The van der Waals surface area contributed by atoms with Crippen molar-refractivity contribution in [3.63, 3.8) is 0 Å². The Labute approximate surface area is 162 Å². The fraction of sp³-hybridized carbons (Fsp3) is 0.350. The number of nitrogens with zero attached hydrogens (tertiary/aromatic N) is 3. The van der Waals surface area contributed by atoms with Gasteiger partial charge < -0.3 is 10.1 Å². The van der Waals surface area contributed by atoms with Crippen molar-refractivity contribution in [1.82, 2.24) is 14.8 Å². The molecule has 140 valence electrons. The van der Waals surface area contributed by atoms with E-state index >= 15 is 0 Å². The maximum absolute atomic E-state index is 12.7. The van der Waals surface area contributed by atoms with Gasteiger partial charge in [0.25, 0.3) is 5.91 Å². The molecular formula is C20H21ClN4O2. The number of carbonyl (C=O) groups is 1. The number of nitrogens with one attached hydrogen (secondary N) is 1. The van der Waals surface area contributed by atoms with Gasteiger partial charge in [0.1, 0.15) is 0 Å². The summed E-state index contributed by atoms with van der Waals surface area (Å²) < 4.78 is 7.37. The van der Waals surface area contributed by atoms with Gasteiger partial charge in [0.05, 0.1) is 27.7 Å². The fourth-order valence-electron chi connectivity index (χ4n) is 3.41. The number of aromatic nitrogens is 3. The minimum absolute atomic E-state index is 0.241. The normalized spacial score (nSPS) is 15.2. The van der Waals surface area contributed by atoms with Gasteiger partial charge in [0, 0.05) is 25.1 Å². The van der Waals surface area contributed by atoms with Gasteiger partial charge in [-0.05, 0) is 38.8 Å². The van der Waals surface area contributed by atoms with Crippen LogP contribution in [0.5, 0.6) is 0 Å². The average molecular weight is 385 g/mol. The molecule has 0 bridgehead atoms. The standard InChI is InChI=1S/C20H21ClN4O2/c1-12-3-5-14(6-4-12)23-20(26)16-11-22-19-17(18(16)21)13(2)24-25(19)15-7-9-27-10-8-15/h3-6,11,15H,7-10H2,1-2H3,(H,23,26). The summed E-state index contributed by atoms with van der Waals surface area (Å²) in [6.45, 7) is 5.33. The van der Waals surface area contributed by atoms with E-state index < -0.39 is 0 Å². The quantitative estimate of drug-likeness (QED) is 0.730. The third-order valence-electron chi connectivity index (χ3n) is 4.92. The Balaban J connectivity index is 1.68. The predicted molar refractivity (Wildman–Crippen MR) is 105 cm³/mol. The lowest BCUT2D eigenvalue weighted by Crippen LogP contribution is -2.21. The molecule has 0 aliphatic carbocycles. The van der Waals surface area contributed by atoms with Gasteiger partial charge in [-0.15, -0.1) is 0 Å². The zero-order chi connectivity index (χ0) is 19.0. The monoisotopic (exact) mass is 384 g/mol. The molecule has 4 rings (SSSR count). The van der Waals surface area contributed by atoms with Gasteiger partial charge in [-0.3, -0.25) is 4.79 Å². The second-order valence-corrected chi connectivity index (χ2v) is 7.26. The van der Waals surface area contributed by atoms with Gasteiger partial charge in [-0.25, -0.2) is 9.67 Å². The van der Waals surface area contributed by atoms with E-state index in [4.69, 9.17) is 16.3 Å². The first-order valence-corrected chi connectivity index (χ1v) is 9.41. The summed E-state index contributed by atoms with van der Waals surface area (Å²) in [5, 5.41) is 8.65. The van der Waals surface area contributed by atoms with Crippen LogP contribution in [-0.4, -0.2) is 33.9 Å². The summed E-state index contributed by atoms with van der Waals surface area (Å²) in [4.78, 5) is 17.2. The Morgan fingerprint density at radius 2 is 1.93 bits per heavy atom. The summed E-state index contributed by atoms with van der Waals surface area (Å²) in [7, 11) is 0. The van der Waals surface area contributed by atoms with Crippen LogP contribution in [-0.2, 0) is 4.74 Å². The van der Waals surface area contributed by atoms with Crippen molar-refractivity contribution in [2.45, 2.75) is 32.7 Å². The summed E-state index contributed by atoms with van der Waals surface area (Å²) in [6, 6.07) is 7.86.